The van der Waals surface area contributed by atoms with E-state index in [0.717, 1.165) is 23.3 Å². The molecule has 2 atom stereocenters. The molecule has 1 aliphatic carbocycles. The van der Waals surface area contributed by atoms with Gasteiger partial charge in [0.2, 0.25) is 20.7 Å². The van der Waals surface area contributed by atoms with Gasteiger partial charge in [-0.15, -0.1) is 0 Å². The Morgan fingerprint density at radius 3 is 2.51 bits per heavy atom. The van der Waals surface area contributed by atoms with Crippen LogP contribution < -0.4 is 10.6 Å². The van der Waals surface area contributed by atoms with Crippen LogP contribution in [0.4, 0.5) is 11.4 Å². The maximum atomic E-state index is 13.8. The van der Waals surface area contributed by atoms with Crippen molar-refractivity contribution in [3.05, 3.63) is 87.7 Å². The first kappa shape index (κ1) is 26.1. The number of sulfone groups is 1. The van der Waals surface area contributed by atoms with Gasteiger partial charge in [-0.2, -0.15) is 0 Å². The number of methoxy groups -OCH3 is 2. The van der Waals surface area contributed by atoms with Crippen LogP contribution in [0, 0.1) is 24.0 Å². The van der Waals surface area contributed by atoms with Crippen LogP contribution in [-0.4, -0.2) is 51.0 Å². The van der Waals surface area contributed by atoms with E-state index in [4.69, 9.17) is 9.47 Å². The highest BCUT2D eigenvalue weighted by Gasteiger charge is 2.53. The van der Waals surface area contributed by atoms with Crippen LogP contribution in [0.1, 0.15) is 11.1 Å². The number of rotatable bonds is 9. The van der Waals surface area contributed by atoms with Crippen LogP contribution in [0.5, 0.6) is 0 Å². The van der Waals surface area contributed by atoms with Gasteiger partial charge in [0, 0.05) is 24.9 Å². The van der Waals surface area contributed by atoms with E-state index in [1.165, 1.54) is 44.6 Å². The molecule has 0 fully saturated rings. The van der Waals surface area contributed by atoms with Gasteiger partial charge >= 0.3 is 0 Å². The molecule has 2 aromatic carbocycles. The van der Waals surface area contributed by atoms with Crippen LogP contribution in [0.15, 0.2) is 71.3 Å². The number of carbonyl (C=O) groups excluding carboxylic acids is 1. The lowest BCUT2D eigenvalue weighted by Gasteiger charge is -2.37. The second kappa shape index (κ2) is 10.4. The van der Waals surface area contributed by atoms with Crippen LogP contribution in [0.3, 0.4) is 0 Å². The Hall–Kier alpha value is -3.54. The molecule has 0 saturated carbocycles. The van der Waals surface area contributed by atoms with Gasteiger partial charge in [-0.3, -0.25) is 20.2 Å². The zero-order valence-corrected chi connectivity index (χ0v) is 20.6. The second-order valence-corrected chi connectivity index (χ2v) is 10.1. The van der Waals surface area contributed by atoms with Crippen molar-refractivity contribution in [3.8, 4) is 0 Å². The molecule has 11 heteroatoms. The fourth-order valence-electron chi connectivity index (χ4n) is 3.90. The van der Waals surface area contributed by atoms with E-state index in [2.05, 4.69) is 10.6 Å². The smallest absolute Gasteiger partial charge is 0.288 e. The van der Waals surface area contributed by atoms with Gasteiger partial charge in [-0.25, -0.2) is 8.42 Å². The van der Waals surface area contributed by atoms with Crippen LogP contribution in [0.2, 0.25) is 0 Å². The first-order valence-electron chi connectivity index (χ1n) is 10.6. The highest BCUT2D eigenvalue weighted by molar-refractivity contribution is 7.93. The average molecular weight is 502 g/mol. The number of benzene rings is 2. The van der Waals surface area contributed by atoms with Crippen molar-refractivity contribution in [3.63, 3.8) is 0 Å². The number of nitrogens with zero attached hydrogens (tertiary/aromatic N) is 1. The largest absolute Gasteiger partial charge is 0.497 e. The number of nitro benzene ring substituents is 1. The fraction of sp³-hybridized carbons (Fsp3) is 0.292. The van der Waals surface area contributed by atoms with Crippen molar-refractivity contribution < 1.29 is 27.6 Å². The van der Waals surface area contributed by atoms with E-state index in [1.54, 1.807) is 6.07 Å². The summed E-state index contributed by atoms with van der Waals surface area (Å²) < 4.78 is 38.5. The van der Waals surface area contributed by atoms with Gasteiger partial charge in [0.05, 0.1) is 24.6 Å². The summed E-state index contributed by atoms with van der Waals surface area (Å²) in [5.74, 6) is -0.216. The minimum absolute atomic E-state index is 0.187. The van der Waals surface area contributed by atoms with E-state index < -0.39 is 42.2 Å². The lowest BCUT2D eigenvalue weighted by molar-refractivity contribution is -0.387. The lowest BCUT2D eigenvalue weighted by atomic mass is 10.0. The van der Waals surface area contributed by atoms with Gasteiger partial charge in [0.15, 0.2) is 0 Å². The van der Waals surface area contributed by atoms with Crippen LogP contribution >= 0.6 is 0 Å². The number of ether oxygens (including phenoxy) is 2. The number of nitro groups is 1. The van der Waals surface area contributed by atoms with Crippen molar-refractivity contribution in [2.45, 2.75) is 29.7 Å². The van der Waals surface area contributed by atoms with Crippen molar-refractivity contribution in [1.29, 1.82) is 0 Å². The molecule has 0 radical (unpaired) electrons. The Kier molecular flexibility index (Phi) is 7.73. The van der Waals surface area contributed by atoms with E-state index in [0.29, 0.717) is 5.69 Å². The molecule has 0 bridgehead atoms. The molecule has 2 aromatic rings. The summed E-state index contributed by atoms with van der Waals surface area (Å²) in [6.45, 7) is 3.56. The summed E-state index contributed by atoms with van der Waals surface area (Å²) in [6.07, 6.45) is 4.25. The van der Waals surface area contributed by atoms with Gasteiger partial charge in [0.1, 0.15) is 10.7 Å². The van der Waals surface area contributed by atoms with Crippen molar-refractivity contribution in [2.75, 3.05) is 26.1 Å². The summed E-state index contributed by atoms with van der Waals surface area (Å²) >= 11 is 0. The number of aryl methyl sites for hydroxylation is 2. The number of hydrogen-bond donors (Lipinski definition) is 2. The number of para-hydroxylation sites is 1. The zero-order chi connectivity index (χ0) is 25.8. The lowest BCUT2D eigenvalue weighted by Crippen LogP contribution is -2.57. The summed E-state index contributed by atoms with van der Waals surface area (Å²) in [6, 6.07) is 9.54. The van der Waals surface area contributed by atoms with Crippen LogP contribution in [-0.2, 0) is 24.1 Å². The number of hydrogen-bond acceptors (Lipinski definition) is 8. The van der Waals surface area contributed by atoms with E-state index >= 15 is 0 Å². The topological polar surface area (TPSA) is 137 Å². The van der Waals surface area contributed by atoms with Gasteiger partial charge in [0.25, 0.3) is 5.69 Å². The number of anilines is 1. The molecule has 0 saturated heterocycles. The summed E-state index contributed by atoms with van der Waals surface area (Å²) in [7, 11) is -1.98. The second-order valence-electron chi connectivity index (χ2n) is 7.99. The minimum atomic E-state index is -4.53. The summed E-state index contributed by atoms with van der Waals surface area (Å²) in [5, 5.41) is 17.3. The molecule has 3 rings (SSSR count). The summed E-state index contributed by atoms with van der Waals surface area (Å²) in [5.41, 5.74) is 1.98. The molecule has 35 heavy (non-hydrogen) atoms. The molecule has 186 valence electrons. The molecule has 0 aromatic heterocycles. The van der Waals surface area contributed by atoms with Crippen LogP contribution in [0.25, 0.3) is 0 Å². The third kappa shape index (κ3) is 5.11. The van der Waals surface area contributed by atoms with Crippen molar-refractivity contribution in [1.82, 2.24) is 5.32 Å². The maximum absolute atomic E-state index is 13.8. The first-order chi connectivity index (χ1) is 16.6. The molecule has 0 spiro atoms. The highest BCUT2D eigenvalue weighted by atomic mass is 32.2. The standard InChI is InChI=1S/C24H27N3O7S/c1-16-9-11-19(17(2)13-16)26-23(28)15-25-22-12-10-18(33-3)14-24(22,34-4)35(31,32)21-8-6-5-7-20(21)27(29)30/h5-14,22,25H,15H2,1-4H3,(H,26,28). The third-order valence-electron chi connectivity index (χ3n) is 5.69. The fourth-order valence-corrected chi connectivity index (χ4v) is 5.90. The first-order valence-corrected chi connectivity index (χ1v) is 12.1. The summed E-state index contributed by atoms with van der Waals surface area (Å²) in [4.78, 5) is 20.8. The third-order valence-corrected chi connectivity index (χ3v) is 8.00. The predicted molar refractivity (Wildman–Crippen MR) is 131 cm³/mol. The number of amides is 1. The minimum Gasteiger partial charge on any atom is -0.497 e. The monoisotopic (exact) mass is 501 g/mol. The Labute approximate surface area is 203 Å². The molecule has 0 heterocycles. The quantitative estimate of drug-likeness (QED) is 0.395. The maximum Gasteiger partial charge on any atom is 0.288 e. The van der Waals surface area contributed by atoms with Gasteiger partial charge < -0.3 is 14.8 Å². The molecule has 2 N–H and O–H groups in total. The Balaban J connectivity index is 1.95. The van der Waals surface area contributed by atoms with E-state index in [1.807, 2.05) is 26.0 Å². The molecule has 10 nitrogen and oxygen atoms in total. The molecule has 2 unspecified atom stereocenters. The number of carbonyl (C=O) groups is 1. The molecular formula is C24H27N3O7S. The predicted octanol–water partition coefficient (Wildman–Crippen LogP) is 3.03. The number of allylic oxidation sites excluding steroid dienone is 1. The molecule has 1 aliphatic rings. The molecule has 0 aliphatic heterocycles. The Morgan fingerprint density at radius 1 is 1.17 bits per heavy atom. The number of nitrogens with one attached hydrogen (secondary N) is 2. The van der Waals surface area contributed by atoms with Crippen molar-refractivity contribution in [2.24, 2.45) is 0 Å². The normalized spacial score (nSPS) is 19.7. The molecular weight excluding hydrogens is 474 g/mol. The highest BCUT2D eigenvalue weighted by Crippen LogP contribution is 2.39. The average Bonchev–Trinajstić information content (AvgIpc) is 2.84. The van der Waals surface area contributed by atoms with E-state index in [9.17, 15) is 23.3 Å². The SMILES string of the molecule is COC1=CC(OC)(S(=O)(=O)c2ccccc2[N+](=O)[O-])C(NCC(=O)Nc2ccc(C)cc2C)C=C1. The Morgan fingerprint density at radius 2 is 1.89 bits per heavy atom. The van der Waals surface area contributed by atoms with Gasteiger partial charge in [-0.1, -0.05) is 35.9 Å². The van der Waals surface area contributed by atoms with Gasteiger partial charge in [-0.05, 0) is 37.6 Å². The van der Waals surface area contributed by atoms with Crippen molar-refractivity contribution >= 4 is 27.1 Å². The zero-order valence-electron chi connectivity index (χ0n) is 19.8. The van der Waals surface area contributed by atoms with E-state index in [-0.39, 0.29) is 12.3 Å². The Bertz CT molecular complexity index is 1300. The molecule has 1 amide bonds.